The van der Waals surface area contributed by atoms with Crippen molar-refractivity contribution in [2.45, 2.75) is 27.2 Å². The summed E-state index contributed by atoms with van der Waals surface area (Å²) in [5.74, 6) is 0.902. The van der Waals surface area contributed by atoms with Crippen LogP contribution < -0.4 is 5.73 Å². The second-order valence-electron chi connectivity index (χ2n) is 5.47. The normalized spacial score (nSPS) is 12.3. The Morgan fingerprint density at radius 3 is 2.71 bits per heavy atom. The van der Waals surface area contributed by atoms with E-state index in [2.05, 4.69) is 18.8 Å². The van der Waals surface area contributed by atoms with Crippen molar-refractivity contribution in [2.24, 2.45) is 5.92 Å². The number of nitrogens with zero attached hydrogens (tertiary/aromatic N) is 2. The molecule has 1 aromatic carbocycles. The molecule has 0 saturated carbocycles. The molecule has 2 rings (SSSR count). The third kappa shape index (κ3) is 3.32. The molecule has 0 aliphatic carbocycles. The number of aromatic nitrogens is 1. The van der Waals surface area contributed by atoms with E-state index < -0.39 is 0 Å². The number of fused-ring (bicyclic) bond motifs is 1. The topological polar surface area (TPSA) is 59.2 Å². The minimum Gasteiger partial charge on any atom is -0.384 e. The van der Waals surface area contributed by atoms with Crippen molar-refractivity contribution >= 4 is 22.6 Å². The Balaban J connectivity index is 2.42. The van der Waals surface area contributed by atoms with Gasteiger partial charge in [0.15, 0.2) is 0 Å². The van der Waals surface area contributed by atoms with Gasteiger partial charge < -0.3 is 10.6 Å². The fourth-order valence-electron chi connectivity index (χ4n) is 2.40. The van der Waals surface area contributed by atoms with E-state index in [0.717, 1.165) is 23.9 Å². The number of carbonyl (C=O) groups is 1. The summed E-state index contributed by atoms with van der Waals surface area (Å²) < 4.78 is 0. The third-order valence-corrected chi connectivity index (χ3v) is 3.86. The average molecular weight is 285 g/mol. The van der Waals surface area contributed by atoms with Gasteiger partial charge in [-0.15, -0.1) is 0 Å². The predicted molar refractivity (Wildman–Crippen MR) is 87.2 cm³/mol. The molecule has 0 radical (unpaired) electrons. The molecule has 0 aliphatic heterocycles. The number of pyridine rings is 1. The van der Waals surface area contributed by atoms with Crippen LogP contribution in [-0.2, 0) is 0 Å². The van der Waals surface area contributed by atoms with E-state index in [9.17, 15) is 4.79 Å². The Labute approximate surface area is 126 Å². The first kappa shape index (κ1) is 15.3. The van der Waals surface area contributed by atoms with Gasteiger partial charge in [0, 0.05) is 18.5 Å². The molecule has 4 nitrogen and oxygen atoms in total. The van der Waals surface area contributed by atoms with Crippen molar-refractivity contribution in [3.05, 3.63) is 35.9 Å². The zero-order valence-corrected chi connectivity index (χ0v) is 13.0. The zero-order chi connectivity index (χ0) is 15.4. The van der Waals surface area contributed by atoms with Gasteiger partial charge in [0.2, 0.25) is 0 Å². The number of amides is 1. The number of hydrogen-bond donors (Lipinski definition) is 1. The number of carbonyl (C=O) groups excluding carboxylic acids is 1. The summed E-state index contributed by atoms with van der Waals surface area (Å²) in [6, 6.07) is 9.31. The largest absolute Gasteiger partial charge is 0.384 e. The zero-order valence-electron chi connectivity index (χ0n) is 13.0. The monoisotopic (exact) mass is 285 g/mol. The van der Waals surface area contributed by atoms with Gasteiger partial charge in [0.1, 0.15) is 5.82 Å². The second kappa shape index (κ2) is 6.57. The van der Waals surface area contributed by atoms with Gasteiger partial charge in [0.25, 0.3) is 5.91 Å². The van der Waals surface area contributed by atoms with Crippen LogP contribution >= 0.6 is 0 Å². The lowest BCUT2D eigenvalue weighted by Crippen LogP contribution is -2.34. The smallest absolute Gasteiger partial charge is 0.254 e. The van der Waals surface area contributed by atoms with Gasteiger partial charge in [0.05, 0.1) is 11.1 Å². The lowest BCUT2D eigenvalue weighted by atomic mass is 10.1. The Morgan fingerprint density at radius 1 is 1.33 bits per heavy atom. The van der Waals surface area contributed by atoms with Gasteiger partial charge >= 0.3 is 0 Å². The van der Waals surface area contributed by atoms with E-state index >= 15 is 0 Å². The van der Waals surface area contributed by atoms with E-state index in [1.165, 1.54) is 0 Å². The lowest BCUT2D eigenvalue weighted by Gasteiger charge is -2.24. The highest BCUT2D eigenvalue weighted by molar-refractivity contribution is 6.06. The molecule has 2 aromatic rings. The minimum atomic E-state index is 0.0306. The van der Waals surface area contributed by atoms with E-state index in [4.69, 9.17) is 5.73 Å². The molecule has 1 aromatic heterocycles. The van der Waals surface area contributed by atoms with E-state index in [-0.39, 0.29) is 5.91 Å². The Bertz CT molecular complexity index is 639. The summed E-state index contributed by atoms with van der Waals surface area (Å²) in [6.45, 7) is 7.77. The molecule has 1 heterocycles. The van der Waals surface area contributed by atoms with Crippen LogP contribution in [0.1, 0.15) is 37.6 Å². The van der Waals surface area contributed by atoms with Crippen molar-refractivity contribution < 1.29 is 4.79 Å². The van der Waals surface area contributed by atoms with Crippen LogP contribution in [0.4, 0.5) is 5.82 Å². The highest BCUT2D eigenvalue weighted by Gasteiger charge is 2.19. The summed E-state index contributed by atoms with van der Waals surface area (Å²) in [5.41, 5.74) is 7.26. The minimum absolute atomic E-state index is 0.0306. The molecule has 0 spiro atoms. The fourth-order valence-corrected chi connectivity index (χ4v) is 2.40. The van der Waals surface area contributed by atoms with Crippen LogP contribution in [0.2, 0.25) is 0 Å². The molecule has 4 heteroatoms. The Morgan fingerprint density at radius 2 is 2.05 bits per heavy atom. The van der Waals surface area contributed by atoms with E-state index in [1.807, 2.05) is 36.1 Å². The number of para-hydroxylation sites is 1. The van der Waals surface area contributed by atoms with Crippen LogP contribution in [-0.4, -0.2) is 28.9 Å². The molecule has 0 bridgehead atoms. The van der Waals surface area contributed by atoms with Crippen LogP contribution in [0.25, 0.3) is 10.9 Å². The van der Waals surface area contributed by atoms with Crippen LogP contribution in [0, 0.1) is 5.92 Å². The summed E-state index contributed by atoms with van der Waals surface area (Å²) in [5, 5.41) is 0.860. The van der Waals surface area contributed by atoms with Crippen LogP contribution in [0.5, 0.6) is 0 Å². The molecule has 1 atom stereocenters. The van der Waals surface area contributed by atoms with E-state index in [1.54, 1.807) is 6.07 Å². The number of nitrogen functional groups attached to an aromatic ring is 1. The summed E-state index contributed by atoms with van der Waals surface area (Å²) in [4.78, 5) is 19.0. The number of anilines is 1. The van der Waals surface area contributed by atoms with Crippen molar-refractivity contribution in [2.75, 3.05) is 18.8 Å². The molecule has 1 unspecified atom stereocenters. The van der Waals surface area contributed by atoms with Gasteiger partial charge in [-0.2, -0.15) is 0 Å². The van der Waals surface area contributed by atoms with Crippen molar-refractivity contribution in [3.63, 3.8) is 0 Å². The Kier molecular flexibility index (Phi) is 4.78. The Hall–Kier alpha value is -2.10. The van der Waals surface area contributed by atoms with E-state index in [0.29, 0.717) is 23.8 Å². The molecule has 1 amide bonds. The molecule has 21 heavy (non-hydrogen) atoms. The fraction of sp³-hybridized carbons (Fsp3) is 0.412. The average Bonchev–Trinajstić information content (AvgIpc) is 2.50. The maximum absolute atomic E-state index is 12.8. The third-order valence-electron chi connectivity index (χ3n) is 3.86. The molecular formula is C17H23N3O. The summed E-state index contributed by atoms with van der Waals surface area (Å²) in [7, 11) is 0. The number of nitrogens with two attached hydrogens (primary N) is 1. The first-order valence-corrected chi connectivity index (χ1v) is 7.51. The molecular weight excluding hydrogens is 262 g/mol. The molecule has 0 saturated heterocycles. The summed E-state index contributed by atoms with van der Waals surface area (Å²) in [6.07, 6.45) is 1.06. The van der Waals surface area contributed by atoms with Gasteiger partial charge in [-0.05, 0) is 25.0 Å². The van der Waals surface area contributed by atoms with Crippen LogP contribution in [0.3, 0.4) is 0 Å². The van der Waals surface area contributed by atoms with Crippen LogP contribution in [0.15, 0.2) is 30.3 Å². The SMILES string of the molecule is CCC(C)CN(CC)C(=O)c1cc(N)nc2ccccc12. The maximum Gasteiger partial charge on any atom is 0.254 e. The van der Waals surface area contributed by atoms with Gasteiger partial charge in [-0.25, -0.2) is 4.98 Å². The number of rotatable bonds is 5. The van der Waals surface area contributed by atoms with Crippen molar-refractivity contribution in [1.29, 1.82) is 0 Å². The first-order valence-electron chi connectivity index (χ1n) is 7.51. The lowest BCUT2D eigenvalue weighted by molar-refractivity contribution is 0.0743. The van der Waals surface area contributed by atoms with Crippen molar-refractivity contribution in [3.8, 4) is 0 Å². The first-order chi connectivity index (χ1) is 10.1. The number of hydrogen-bond acceptors (Lipinski definition) is 3. The highest BCUT2D eigenvalue weighted by atomic mass is 16.2. The molecule has 0 fully saturated rings. The quantitative estimate of drug-likeness (QED) is 0.916. The summed E-state index contributed by atoms with van der Waals surface area (Å²) >= 11 is 0. The predicted octanol–water partition coefficient (Wildman–Crippen LogP) is 3.33. The molecule has 112 valence electrons. The van der Waals surface area contributed by atoms with Gasteiger partial charge in [-0.3, -0.25) is 4.79 Å². The molecule has 0 aliphatic rings. The standard InChI is InChI=1S/C17H23N3O/c1-4-12(3)11-20(5-2)17(21)14-10-16(18)19-15-9-7-6-8-13(14)15/h6-10,12H,4-5,11H2,1-3H3,(H2,18,19). The van der Waals surface area contributed by atoms with Gasteiger partial charge in [-0.1, -0.05) is 38.5 Å². The molecule has 2 N–H and O–H groups in total. The number of benzene rings is 1. The second-order valence-corrected chi connectivity index (χ2v) is 5.47. The van der Waals surface area contributed by atoms with Crippen molar-refractivity contribution in [1.82, 2.24) is 9.88 Å². The maximum atomic E-state index is 12.8. The highest BCUT2D eigenvalue weighted by Crippen LogP contribution is 2.21.